The molecule has 0 spiro atoms. The first-order chi connectivity index (χ1) is 10.7. The minimum absolute atomic E-state index is 0.374. The molecule has 2 aromatic heterocycles. The van der Waals surface area contributed by atoms with Gasteiger partial charge in [0.15, 0.2) is 0 Å². The van der Waals surface area contributed by atoms with E-state index in [1.54, 1.807) is 11.3 Å². The fourth-order valence-electron chi connectivity index (χ4n) is 1.97. The Hall–Kier alpha value is -1.79. The van der Waals surface area contributed by atoms with Crippen LogP contribution in [0, 0.1) is 0 Å². The van der Waals surface area contributed by atoms with E-state index >= 15 is 0 Å². The Bertz CT molecular complexity index is 719. The molecule has 0 atom stereocenters. The number of hydrogen-bond acceptors (Lipinski definition) is 6. The van der Waals surface area contributed by atoms with E-state index in [2.05, 4.69) is 46.0 Å². The van der Waals surface area contributed by atoms with Crippen molar-refractivity contribution >= 4 is 28.0 Å². The molecule has 0 amide bonds. The normalized spacial score (nSPS) is 11.0. The van der Waals surface area contributed by atoms with E-state index in [1.165, 1.54) is 17.1 Å². The Morgan fingerprint density at radius 1 is 1.14 bits per heavy atom. The summed E-state index contributed by atoms with van der Waals surface area (Å²) in [4.78, 5) is 9.16. The lowest BCUT2D eigenvalue weighted by Gasteiger charge is -2.00. The van der Waals surface area contributed by atoms with Crippen LogP contribution < -0.4 is 5.32 Å². The molecule has 0 fully saturated rings. The number of rotatable bonds is 6. The Morgan fingerprint density at radius 3 is 2.68 bits per heavy atom. The smallest absolute Gasteiger partial charge is 0.202 e. The molecule has 0 saturated carbocycles. The summed E-state index contributed by atoms with van der Waals surface area (Å²) >= 11 is 3.12. The molecule has 3 rings (SSSR count). The molecule has 0 bridgehead atoms. The lowest BCUT2D eigenvalue weighted by atomic mass is 10.2. The van der Waals surface area contributed by atoms with Crippen LogP contribution in [0.15, 0.2) is 35.7 Å². The third-order valence-corrected chi connectivity index (χ3v) is 4.82. The van der Waals surface area contributed by atoms with Gasteiger partial charge in [0, 0.05) is 41.4 Å². The van der Waals surface area contributed by atoms with Crippen LogP contribution in [0.1, 0.15) is 31.3 Å². The van der Waals surface area contributed by atoms with E-state index in [1.807, 2.05) is 18.2 Å². The van der Waals surface area contributed by atoms with Crippen molar-refractivity contribution in [1.29, 1.82) is 0 Å². The number of benzene rings is 1. The van der Waals surface area contributed by atoms with Gasteiger partial charge in [-0.25, -0.2) is 9.97 Å². The lowest BCUT2D eigenvalue weighted by molar-refractivity contribution is 0.799. The van der Waals surface area contributed by atoms with Crippen molar-refractivity contribution in [3.8, 4) is 10.6 Å². The summed E-state index contributed by atoms with van der Waals surface area (Å²) in [6.07, 6.45) is 0.889. The zero-order chi connectivity index (χ0) is 15.4. The van der Waals surface area contributed by atoms with E-state index in [-0.39, 0.29) is 0 Å². The molecule has 0 saturated heterocycles. The molecule has 0 aliphatic rings. The van der Waals surface area contributed by atoms with Gasteiger partial charge in [0.05, 0.1) is 5.69 Å². The van der Waals surface area contributed by atoms with Crippen molar-refractivity contribution in [1.82, 2.24) is 14.3 Å². The second-order valence-corrected chi connectivity index (χ2v) is 6.91. The van der Waals surface area contributed by atoms with Gasteiger partial charge in [-0.3, -0.25) is 0 Å². The highest BCUT2D eigenvalue weighted by Gasteiger charge is 2.08. The average molecular weight is 330 g/mol. The number of thiazole rings is 1. The van der Waals surface area contributed by atoms with Gasteiger partial charge < -0.3 is 5.32 Å². The van der Waals surface area contributed by atoms with Gasteiger partial charge in [0.2, 0.25) is 5.13 Å². The highest BCUT2D eigenvalue weighted by Crippen LogP contribution is 2.23. The van der Waals surface area contributed by atoms with Crippen LogP contribution in [0.3, 0.4) is 0 Å². The SMILES string of the molecule is CC(C)c1nsc(NCCc2csc(-c3ccccc3)n2)n1. The Morgan fingerprint density at radius 2 is 1.95 bits per heavy atom. The van der Waals surface area contributed by atoms with E-state index in [4.69, 9.17) is 4.98 Å². The largest absolute Gasteiger partial charge is 0.360 e. The van der Waals surface area contributed by atoms with Crippen LogP contribution in [0.5, 0.6) is 0 Å². The number of hydrogen-bond donors (Lipinski definition) is 1. The molecule has 3 aromatic rings. The third kappa shape index (κ3) is 3.69. The van der Waals surface area contributed by atoms with Gasteiger partial charge in [-0.1, -0.05) is 44.2 Å². The first-order valence-electron chi connectivity index (χ1n) is 7.29. The minimum atomic E-state index is 0.374. The highest BCUT2D eigenvalue weighted by molar-refractivity contribution is 7.13. The summed E-state index contributed by atoms with van der Waals surface area (Å²) < 4.78 is 4.34. The summed E-state index contributed by atoms with van der Waals surface area (Å²) in [6, 6.07) is 10.3. The number of nitrogens with one attached hydrogen (secondary N) is 1. The Kier molecular flexibility index (Phi) is 4.80. The summed E-state index contributed by atoms with van der Waals surface area (Å²) in [5, 5.41) is 7.42. The monoisotopic (exact) mass is 330 g/mol. The molecule has 0 aliphatic carbocycles. The van der Waals surface area contributed by atoms with Crippen molar-refractivity contribution in [2.24, 2.45) is 0 Å². The van der Waals surface area contributed by atoms with Crippen molar-refractivity contribution in [3.05, 3.63) is 47.2 Å². The molecule has 2 heterocycles. The summed E-state index contributed by atoms with van der Waals surface area (Å²) in [7, 11) is 0. The number of aromatic nitrogens is 3. The van der Waals surface area contributed by atoms with Gasteiger partial charge in [-0.05, 0) is 0 Å². The molecule has 4 nitrogen and oxygen atoms in total. The fraction of sp³-hybridized carbons (Fsp3) is 0.312. The molecule has 0 unspecified atom stereocenters. The summed E-state index contributed by atoms with van der Waals surface area (Å²) in [6.45, 7) is 5.03. The van der Waals surface area contributed by atoms with Crippen molar-refractivity contribution < 1.29 is 0 Å². The molecule has 1 aromatic carbocycles. The first kappa shape index (κ1) is 15.1. The summed E-state index contributed by atoms with van der Waals surface area (Å²) in [5.41, 5.74) is 2.29. The van der Waals surface area contributed by atoms with Gasteiger partial charge >= 0.3 is 0 Å². The Balaban J connectivity index is 1.55. The lowest BCUT2D eigenvalue weighted by Crippen LogP contribution is -2.05. The molecule has 0 aliphatic heterocycles. The van der Waals surface area contributed by atoms with Crippen molar-refractivity contribution in [3.63, 3.8) is 0 Å². The molecule has 6 heteroatoms. The topological polar surface area (TPSA) is 50.7 Å². The van der Waals surface area contributed by atoms with Crippen LogP contribution >= 0.6 is 22.9 Å². The van der Waals surface area contributed by atoms with Crippen LogP contribution in [0.2, 0.25) is 0 Å². The zero-order valence-corrected chi connectivity index (χ0v) is 14.2. The number of nitrogens with zero attached hydrogens (tertiary/aromatic N) is 3. The van der Waals surface area contributed by atoms with E-state index in [0.717, 1.165) is 34.6 Å². The number of anilines is 1. The van der Waals surface area contributed by atoms with E-state index < -0.39 is 0 Å². The standard InChI is InChI=1S/C16H18N4S2/c1-11(2)14-19-16(22-20-14)17-9-8-13-10-21-15(18-13)12-6-4-3-5-7-12/h3-7,10-11H,8-9H2,1-2H3,(H,17,19,20). The molecule has 1 N–H and O–H groups in total. The maximum Gasteiger partial charge on any atom is 0.202 e. The van der Waals surface area contributed by atoms with Gasteiger partial charge in [-0.2, -0.15) is 4.37 Å². The Labute approximate surface area is 138 Å². The predicted octanol–water partition coefficient (Wildman–Crippen LogP) is 4.44. The maximum absolute atomic E-state index is 4.69. The molecular formula is C16H18N4S2. The third-order valence-electron chi connectivity index (χ3n) is 3.19. The van der Waals surface area contributed by atoms with E-state index in [9.17, 15) is 0 Å². The van der Waals surface area contributed by atoms with Gasteiger partial charge in [-0.15, -0.1) is 11.3 Å². The highest BCUT2D eigenvalue weighted by atomic mass is 32.1. The van der Waals surface area contributed by atoms with Gasteiger partial charge in [0.1, 0.15) is 10.8 Å². The minimum Gasteiger partial charge on any atom is -0.360 e. The zero-order valence-electron chi connectivity index (χ0n) is 12.6. The second kappa shape index (κ2) is 6.98. The van der Waals surface area contributed by atoms with Crippen LogP contribution in [-0.2, 0) is 6.42 Å². The quantitative estimate of drug-likeness (QED) is 0.726. The van der Waals surface area contributed by atoms with Gasteiger partial charge in [0.25, 0.3) is 0 Å². The first-order valence-corrected chi connectivity index (χ1v) is 8.95. The average Bonchev–Trinajstić information content (AvgIpc) is 3.18. The van der Waals surface area contributed by atoms with Crippen molar-refractivity contribution in [2.45, 2.75) is 26.2 Å². The van der Waals surface area contributed by atoms with Crippen LogP contribution in [0.4, 0.5) is 5.13 Å². The van der Waals surface area contributed by atoms with Crippen LogP contribution in [-0.4, -0.2) is 20.9 Å². The molecule has 114 valence electrons. The summed E-state index contributed by atoms with van der Waals surface area (Å²) in [5.74, 6) is 1.28. The second-order valence-electron chi connectivity index (χ2n) is 5.30. The van der Waals surface area contributed by atoms with Crippen molar-refractivity contribution in [2.75, 3.05) is 11.9 Å². The fourth-order valence-corrected chi connectivity index (χ4v) is 3.57. The van der Waals surface area contributed by atoms with E-state index in [0.29, 0.717) is 5.92 Å². The maximum atomic E-state index is 4.69. The molecular weight excluding hydrogens is 312 g/mol. The molecule has 22 heavy (non-hydrogen) atoms. The van der Waals surface area contributed by atoms with Crippen LogP contribution in [0.25, 0.3) is 10.6 Å². The predicted molar refractivity (Wildman–Crippen MR) is 93.7 cm³/mol. The molecule has 0 radical (unpaired) electrons.